The molecule has 0 bridgehead atoms. The molecule has 2 amide bonds. The van der Waals surface area contributed by atoms with Crippen LogP contribution in [0, 0.1) is 12.7 Å². The molecule has 0 saturated carbocycles. The lowest BCUT2D eigenvalue weighted by Crippen LogP contribution is -2.32. The third-order valence-electron chi connectivity index (χ3n) is 4.67. The summed E-state index contributed by atoms with van der Waals surface area (Å²) in [6.07, 6.45) is 0. The minimum atomic E-state index is -0.502. The highest BCUT2D eigenvalue weighted by Crippen LogP contribution is 2.35. The van der Waals surface area contributed by atoms with Crippen molar-refractivity contribution in [3.63, 3.8) is 0 Å². The fourth-order valence-corrected chi connectivity index (χ4v) is 3.33. The van der Waals surface area contributed by atoms with Crippen molar-refractivity contribution >= 4 is 40.4 Å². The Morgan fingerprint density at radius 3 is 2.24 bits per heavy atom. The average molecular weight is 407 g/mol. The third kappa shape index (κ3) is 3.52. The molecule has 0 aromatic heterocycles. The smallest absolute Gasteiger partial charge is 0.282 e. The molecule has 4 nitrogen and oxygen atoms in total. The number of amides is 2. The largest absolute Gasteiger partial charge is 0.350 e. The number of anilines is 2. The highest BCUT2D eigenvalue weighted by atomic mass is 35.5. The molecule has 0 atom stereocenters. The van der Waals surface area contributed by atoms with Gasteiger partial charge in [-0.2, -0.15) is 0 Å². The van der Waals surface area contributed by atoms with E-state index in [1.165, 1.54) is 24.3 Å². The first kappa shape index (κ1) is 18.9. The van der Waals surface area contributed by atoms with Gasteiger partial charge in [0.1, 0.15) is 11.5 Å². The van der Waals surface area contributed by atoms with Crippen LogP contribution >= 0.6 is 11.6 Å². The minimum absolute atomic E-state index is 0.129. The lowest BCUT2D eigenvalue weighted by molar-refractivity contribution is -0.120. The fraction of sp³-hybridized carbons (Fsp3) is 0.0435. The van der Waals surface area contributed by atoms with Crippen LogP contribution in [0.3, 0.4) is 0 Å². The van der Waals surface area contributed by atoms with Gasteiger partial charge in [-0.05, 0) is 54.4 Å². The molecule has 0 unspecified atom stereocenters. The second-order valence-corrected chi connectivity index (χ2v) is 7.03. The summed E-state index contributed by atoms with van der Waals surface area (Å²) >= 11 is 6.21. The molecular weight excluding hydrogens is 391 g/mol. The van der Waals surface area contributed by atoms with Crippen molar-refractivity contribution in [1.82, 2.24) is 0 Å². The number of imide groups is 1. The Kier molecular flexibility index (Phi) is 4.91. The van der Waals surface area contributed by atoms with E-state index in [-0.39, 0.29) is 11.3 Å². The molecule has 0 fully saturated rings. The predicted octanol–water partition coefficient (Wildman–Crippen LogP) is 5.18. The van der Waals surface area contributed by atoms with Gasteiger partial charge in [-0.15, -0.1) is 0 Å². The zero-order valence-electron chi connectivity index (χ0n) is 15.4. The lowest BCUT2D eigenvalue weighted by atomic mass is 10.0. The Labute approximate surface area is 172 Å². The number of hydrogen-bond acceptors (Lipinski definition) is 3. The summed E-state index contributed by atoms with van der Waals surface area (Å²) in [5.41, 5.74) is 2.72. The summed E-state index contributed by atoms with van der Waals surface area (Å²) in [6, 6.07) is 19.5. The van der Waals surface area contributed by atoms with Crippen LogP contribution in [-0.2, 0) is 9.59 Å². The number of carbonyl (C=O) groups is 2. The number of aryl methyl sites for hydroxylation is 1. The minimum Gasteiger partial charge on any atom is -0.350 e. The molecular formula is C23H16ClFN2O2. The summed E-state index contributed by atoms with van der Waals surface area (Å²) in [5.74, 6) is -1.35. The van der Waals surface area contributed by atoms with Crippen LogP contribution in [0.25, 0.3) is 5.57 Å². The Morgan fingerprint density at radius 2 is 1.59 bits per heavy atom. The Hall–Kier alpha value is -3.44. The van der Waals surface area contributed by atoms with Crippen molar-refractivity contribution in [2.45, 2.75) is 6.92 Å². The zero-order valence-corrected chi connectivity index (χ0v) is 16.2. The van der Waals surface area contributed by atoms with Crippen molar-refractivity contribution in [1.29, 1.82) is 0 Å². The van der Waals surface area contributed by atoms with Gasteiger partial charge in [0.25, 0.3) is 11.8 Å². The summed E-state index contributed by atoms with van der Waals surface area (Å²) in [5, 5.41) is 3.45. The second kappa shape index (κ2) is 7.53. The molecule has 0 saturated heterocycles. The molecule has 29 heavy (non-hydrogen) atoms. The average Bonchev–Trinajstić information content (AvgIpc) is 2.96. The molecule has 0 radical (unpaired) electrons. The highest BCUT2D eigenvalue weighted by molar-refractivity contribution is 6.46. The Morgan fingerprint density at radius 1 is 0.897 bits per heavy atom. The van der Waals surface area contributed by atoms with Gasteiger partial charge in [0.15, 0.2) is 0 Å². The van der Waals surface area contributed by atoms with E-state index in [2.05, 4.69) is 5.32 Å². The van der Waals surface area contributed by atoms with Crippen LogP contribution < -0.4 is 10.2 Å². The number of nitrogens with zero attached hydrogens (tertiary/aromatic N) is 1. The van der Waals surface area contributed by atoms with E-state index < -0.39 is 17.6 Å². The number of benzene rings is 3. The van der Waals surface area contributed by atoms with Crippen molar-refractivity contribution in [2.75, 3.05) is 10.2 Å². The van der Waals surface area contributed by atoms with E-state index in [0.717, 1.165) is 10.5 Å². The van der Waals surface area contributed by atoms with E-state index in [1.807, 2.05) is 13.0 Å². The van der Waals surface area contributed by atoms with Crippen LogP contribution in [-0.4, -0.2) is 11.8 Å². The van der Waals surface area contributed by atoms with Gasteiger partial charge in [-0.1, -0.05) is 48.0 Å². The maximum absolute atomic E-state index is 13.3. The van der Waals surface area contributed by atoms with Gasteiger partial charge in [-0.25, -0.2) is 9.29 Å². The van der Waals surface area contributed by atoms with Crippen molar-refractivity contribution < 1.29 is 14.0 Å². The molecule has 3 aromatic rings. The van der Waals surface area contributed by atoms with Crippen molar-refractivity contribution in [3.8, 4) is 0 Å². The molecule has 0 aliphatic carbocycles. The molecule has 1 heterocycles. The first-order valence-electron chi connectivity index (χ1n) is 8.93. The van der Waals surface area contributed by atoms with E-state index in [9.17, 15) is 14.0 Å². The topological polar surface area (TPSA) is 49.4 Å². The van der Waals surface area contributed by atoms with Crippen LogP contribution in [0.1, 0.15) is 11.1 Å². The third-order valence-corrected chi connectivity index (χ3v) is 5.08. The van der Waals surface area contributed by atoms with Crippen molar-refractivity contribution in [3.05, 3.63) is 100 Å². The van der Waals surface area contributed by atoms with Gasteiger partial charge in [0, 0.05) is 10.7 Å². The molecule has 0 spiro atoms. The number of rotatable bonds is 4. The SMILES string of the molecule is Cc1ccc(N2C(=O)C(Nc3ccc(F)cc3)=C(c3ccccc3)C2=O)cc1Cl. The van der Waals surface area contributed by atoms with Gasteiger partial charge < -0.3 is 5.32 Å². The molecule has 4 rings (SSSR count). The molecule has 1 N–H and O–H groups in total. The monoisotopic (exact) mass is 406 g/mol. The van der Waals surface area contributed by atoms with Crippen LogP contribution in [0.15, 0.2) is 78.5 Å². The number of halogens is 2. The standard InChI is InChI=1S/C23H16ClFN2O2/c1-14-7-12-18(13-19(14)24)27-22(28)20(15-5-3-2-4-6-15)21(23(27)29)26-17-10-8-16(25)9-11-17/h2-13,26H,1H3. The van der Waals surface area contributed by atoms with Crippen LogP contribution in [0.4, 0.5) is 15.8 Å². The highest BCUT2D eigenvalue weighted by Gasteiger charge is 2.40. The zero-order chi connectivity index (χ0) is 20.5. The van der Waals surface area contributed by atoms with Crippen LogP contribution in [0.5, 0.6) is 0 Å². The molecule has 144 valence electrons. The first-order valence-corrected chi connectivity index (χ1v) is 9.31. The number of carbonyl (C=O) groups excluding carboxylic acids is 2. The first-order chi connectivity index (χ1) is 14.0. The van der Waals surface area contributed by atoms with Crippen molar-refractivity contribution in [2.24, 2.45) is 0 Å². The van der Waals surface area contributed by atoms with E-state index in [1.54, 1.807) is 42.5 Å². The predicted molar refractivity (Wildman–Crippen MR) is 112 cm³/mol. The Balaban J connectivity index is 1.81. The summed E-state index contributed by atoms with van der Waals surface area (Å²) in [4.78, 5) is 27.6. The quantitative estimate of drug-likeness (QED) is 0.607. The summed E-state index contributed by atoms with van der Waals surface area (Å²) < 4.78 is 13.3. The summed E-state index contributed by atoms with van der Waals surface area (Å²) in [7, 11) is 0. The van der Waals surface area contributed by atoms with Gasteiger partial charge in [0.2, 0.25) is 0 Å². The summed E-state index contributed by atoms with van der Waals surface area (Å²) in [6.45, 7) is 1.84. The fourth-order valence-electron chi connectivity index (χ4n) is 3.15. The molecule has 1 aliphatic rings. The normalized spacial score (nSPS) is 14.0. The van der Waals surface area contributed by atoms with Gasteiger partial charge in [0.05, 0.1) is 11.3 Å². The number of hydrogen-bond donors (Lipinski definition) is 1. The molecule has 1 aliphatic heterocycles. The molecule has 6 heteroatoms. The van der Waals surface area contributed by atoms with Gasteiger partial charge in [-0.3, -0.25) is 9.59 Å². The second-order valence-electron chi connectivity index (χ2n) is 6.63. The van der Waals surface area contributed by atoms with E-state index in [0.29, 0.717) is 22.0 Å². The Bertz CT molecular complexity index is 1140. The maximum Gasteiger partial charge on any atom is 0.282 e. The van der Waals surface area contributed by atoms with Crippen LogP contribution in [0.2, 0.25) is 5.02 Å². The van der Waals surface area contributed by atoms with E-state index in [4.69, 9.17) is 11.6 Å². The van der Waals surface area contributed by atoms with Gasteiger partial charge >= 0.3 is 0 Å². The maximum atomic E-state index is 13.3. The number of nitrogens with one attached hydrogen (secondary N) is 1. The van der Waals surface area contributed by atoms with E-state index >= 15 is 0 Å². The molecule has 3 aromatic carbocycles. The lowest BCUT2D eigenvalue weighted by Gasteiger charge is -2.16.